The molecule has 2 N–H and O–H groups in total. The summed E-state index contributed by atoms with van der Waals surface area (Å²) < 4.78 is 0. The second-order valence-electron chi connectivity index (χ2n) is 25.2. The van der Waals surface area contributed by atoms with Crippen LogP contribution in [0.5, 0.6) is 0 Å². The van der Waals surface area contributed by atoms with E-state index in [0.717, 1.165) is 0 Å². The van der Waals surface area contributed by atoms with E-state index >= 15 is 0 Å². The van der Waals surface area contributed by atoms with E-state index < -0.39 is 50.1 Å². The minimum Gasteiger partial charge on any atom is -0.343 e. The van der Waals surface area contributed by atoms with Crippen molar-refractivity contribution >= 4 is 35.6 Å². The first-order chi connectivity index (χ1) is 31.7. The third-order valence-electron chi connectivity index (χ3n) is 15.0. The lowest BCUT2D eigenvalue weighted by molar-refractivity contribution is -0.151. The summed E-state index contributed by atoms with van der Waals surface area (Å²) in [7, 11) is 1.68. The normalized spacial score (nSPS) is 15.1. The zero-order valence-corrected chi connectivity index (χ0v) is 48.6. The van der Waals surface area contributed by atoms with Crippen LogP contribution in [0, 0.1) is 68.0 Å². The molecule has 0 saturated heterocycles. The highest BCUT2D eigenvalue weighted by Crippen LogP contribution is 2.43. The first kappa shape index (κ1) is 65.6. The van der Waals surface area contributed by atoms with E-state index in [2.05, 4.69) is 22.8 Å². The first-order valence-corrected chi connectivity index (χ1v) is 25.9. The van der Waals surface area contributed by atoms with Gasteiger partial charge in [0.05, 0.1) is 23.0 Å². The third kappa shape index (κ3) is 18.7. The number of likely N-dealkylation sites (N-methyl/N-ethyl adjacent to an activating group) is 1. The summed E-state index contributed by atoms with van der Waals surface area (Å²) in [5, 5.41) is 26.5. The van der Waals surface area contributed by atoms with Gasteiger partial charge in [-0.1, -0.05) is 69.2 Å². The standard InChI is InChI=1S/C55H101N9O6/c1-24-61(25-2)44(66)53(19,20)34-43(38-57)36-55(22,40(5)6)46(68)63(50(11,12)13)31-32-64(51(14,15)16)48(70)59-28-26-27-58-47(69)60(23)29-30-62(49(8,9)10)45(67)54(21,39(3)4)35-42(37-56)33-52(17,18)41(7)65/h39-40,42-43H,24-36H2,1-23H3,(H,58,69)(H,59,70). The van der Waals surface area contributed by atoms with E-state index in [4.69, 9.17) is 0 Å². The summed E-state index contributed by atoms with van der Waals surface area (Å²) in [5.74, 6) is -1.44. The molecule has 0 saturated carbocycles. The Morgan fingerprint density at radius 1 is 0.500 bits per heavy atom. The molecule has 0 aliphatic heterocycles. The van der Waals surface area contributed by atoms with Gasteiger partial charge in [-0.25, -0.2) is 9.59 Å². The molecular formula is C55H101N9O6. The lowest BCUT2D eigenvalue weighted by Crippen LogP contribution is -2.58. The molecule has 0 radical (unpaired) electrons. The summed E-state index contributed by atoms with van der Waals surface area (Å²) in [6.07, 6.45) is 1.75. The van der Waals surface area contributed by atoms with Crippen molar-refractivity contribution in [3.63, 3.8) is 0 Å². The molecule has 70 heavy (non-hydrogen) atoms. The van der Waals surface area contributed by atoms with E-state index in [1.54, 1.807) is 21.7 Å². The van der Waals surface area contributed by atoms with Crippen molar-refractivity contribution in [1.29, 1.82) is 10.5 Å². The van der Waals surface area contributed by atoms with Gasteiger partial charge in [-0.05, 0) is 127 Å². The van der Waals surface area contributed by atoms with Gasteiger partial charge in [-0.3, -0.25) is 19.2 Å². The maximum absolute atomic E-state index is 14.8. The quantitative estimate of drug-likeness (QED) is 0.0801. The topological polar surface area (TPSA) is 190 Å². The van der Waals surface area contributed by atoms with Crippen LogP contribution in [0.2, 0.25) is 0 Å². The smallest absolute Gasteiger partial charge is 0.317 e. The molecule has 0 aliphatic rings. The third-order valence-corrected chi connectivity index (χ3v) is 15.0. The highest BCUT2D eigenvalue weighted by atomic mass is 16.2. The highest BCUT2D eigenvalue weighted by molar-refractivity contribution is 5.85. The van der Waals surface area contributed by atoms with Crippen LogP contribution in [0.1, 0.15) is 184 Å². The van der Waals surface area contributed by atoms with Crippen LogP contribution in [0.25, 0.3) is 0 Å². The van der Waals surface area contributed by atoms with Gasteiger partial charge in [0.15, 0.2) is 0 Å². The Hall–Kier alpha value is -4.40. The van der Waals surface area contributed by atoms with Gasteiger partial charge < -0.3 is 35.1 Å². The van der Waals surface area contributed by atoms with Crippen molar-refractivity contribution in [3.8, 4) is 12.1 Å². The monoisotopic (exact) mass is 984 g/mol. The fourth-order valence-electron chi connectivity index (χ4n) is 8.99. The number of rotatable bonds is 26. The zero-order valence-electron chi connectivity index (χ0n) is 48.6. The Bertz CT molecular complexity index is 1840. The Kier molecular flexibility index (Phi) is 24.7. The number of urea groups is 2. The highest BCUT2D eigenvalue weighted by Gasteiger charge is 2.47. The summed E-state index contributed by atoms with van der Waals surface area (Å²) in [5.41, 5.74) is -5.05. The van der Waals surface area contributed by atoms with E-state index in [9.17, 15) is 39.3 Å². The molecule has 15 heteroatoms. The Morgan fingerprint density at radius 3 is 1.17 bits per heavy atom. The lowest BCUT2D eigenvalue weighted by Gasteiger charge is -2.46. The van der Waals surface area contributed by atoms with Gasteiger partial charge in [0.2, 0.25) is 17.7 Å². The molecule has 0 bridgehead atoms. The summed E-state index contributed by atoms with van der Waals surface area (Å²) in [6.45, 7) is 45.1. The van der Waals surface area contributed by atoms with Gasteiger partial charge in [0.25, 0.3) is 0 Å². The number of amides is 7. The fraction of sp³-hybridized carbons (Fsp3) is 0.855. The van der Waals surface area contributed by atoms with Gasteiger partial charge in [0.1, 0.15) is 5.78 Å². The largest absolute Gasteiger partial charge is 0.343 e. The van der Waals surface area contributed by atoms with Crippen molar-refractivity contribution in [2.75, 3.05) is 59.4 Å². The van der Waals surface area contributed by atoms with Gasteiger partial charge in [-0.15, -0.1) is 0 Å². The molecule has 4 atom stereocenters. The molecule has 15 nitrogen and oxygen atoms in total. The van der Waals surface area contributed by atoms with Crippen LogP contribution in [0.4, 0.5) is 9.59 Å². The Balaban J connectivity index is 5.90. The van der Waals surface area contributed by atoms with Gasteiger partial charge in [-0.2, -0.15) is 10.5 Å². The summed E-state index contributed by atoms with van der Waals surface area (Å²) >= 11 is 0. The van der Waals surface area contributed by atoms with Crippen molar-refractivity contribution in [1.82, 2.24) is 35.1 Å². The SMILES string of the molecule is CCN(CC)C(=O)C(C)(C)CC(C#N)CC(C)(C(=O)N(CCN(C(=O)NCCCNC(=O)N(C)CCN(C(=O)C(C)(CC(C#N)CC(C)(C)C(C)=O)C(C)C)C(C)(C)C)C(C)(C)C)C(C)(C)C)C(C)C. The maximum atomic E-state index is 14.8. The lowest BCUT2D eigenvalue weighted by atomic mass is 9.68. The predicted molar refractivity (Wildman–Crippen MR) is 282 cm³/mol. The number of ketones is 1. The number of nitriles is 2. The molecule has 0 spiro atoms. The molecule has 0 rings (SSSR count). The molecule has 402 valence electrons. The second kappa shape index (κ2) is 26.3. The van der Waals surface area contributed by atoms with Crippen LogP contribution in [0.3, 0.4) is 0 Å². The van der Waals surface area contributed by atoms with E-state index in [0.29, 0.717) is 58.3 Å². The van der Waals surface area contributed by atoms with Crippen LogP contribution >= 0.6 is 0 Å². The summed E-state index contributed by atoms with van der Waals surface area (Å²) in [4.78, 5) is 90.9. The van der Waals surface area contributed by atoms with Crippen molar-refractivity contribution in [2.45, 2.75) is 201 Å². The molecule has 0 fully saturated rings. The molecule has 0 aromatic rings. The predicted octanol–water partition coefficient (Wildman–Crippen LogP) is 9.76. The zero-order chi connectivity index (χ0) is 55.2. The first-order valence-electron chi connectivity index (χ1n) is 25.9. The molecule has 0 aromatic carbocycles. The molecule has 0 aliphatic carbocycles. The average molecular weight is 984 g/mol. The number of carbonyl (C=O) groups excluding carboxylic acids is 6. The minimum absolute atomic E-state index is 0.00186. The fourth-order valence-corrected chi connectivity index (χ4v) is 8.99. The van der Waals surface area contributed by atoms with Gasteiger partial charge >= 0.3 is 12.1 Å². The molecule has 4 unspecified atom stereocenters. The number of nitrogens with zero attached hydrogens (tertiary/aromatic N) is 7. The molecule has 0 aromatic heterocycles. The molecule has 7 amide bonds. The van der Waals surface area contributed by atoms with Crippen LogP contribution in [0.15, 0.2) is 0 Å². The van der Waals surface area contributed by atoms with Crippen molar-refractivity contribution in [3.05, 3.63) is 0 Å². The van der Waals surface area contributed by atoms with Crippen LogP contribution in [-0.2, 0) is 19.2 Å². The number of hydrogen-bond donors (Lipinski definition) is 2. The number of hydrogen-bond acceptors (Lipinski definition) is 8. The van der Waals surface area contributed by atoms with Crippen LogP contribution < -0.4 is 10.6 Å². The van der Waals surface area contributed by atoms with Gasteiger partial charge in [0, 0.05) is 98.7 Å². The number of carbonyl (C=O) groups is 6. The number of Topliss-reactive ketones (excluding diaryl/α,β-unsaturated/α-hetero) is 1. The van der Waals surface area contributed by atoms with E-state index in [-0.39, 0.29) is 73.6 Å². The van der Waals surface area contributed by atoms with Crippen LogP contribution in [-0.4, -0.2) is 136 Å². The number of nitrogens with one attached hydrogen (secondary N) is 2. The Labute approximate surface area is 426 Å². The molecule has 0 heterocycles. The Morgan fingerprint density at radius 2 is 0.843 bits per heavy atom. The van der Waals surface area contributed by atoms with Crippen molar-refractivity contribution in [2.24, 2.45) is 45.3 Å². The van der Waals surface area contributed by atoms with E-state index in [1.807, 2.05) is 150 Å². The minimum atomic E-state index is -0.924. The maximum Gasteiger partial charge on any atom is 0.317 e. The van der Waals surface area contributed by atoms with Crippen molar-refractivity contribution < 1.29 is 28.8 Å². The summed E-state index contributed by atoms with van der Waals surface area (Å²) in [6, 6.07) is 4.20. The molecular weight excluding hydrogens is 883 g/mol. The second-order valence-corrected chi connectivity index (χ2v) is 25.2. The average Bonchev–Trinajstić information content (AvgIpc) is 3.22. The van der Waals surface area contributed by atoms with E-state index in [1.165, 1.54) is 11.8 Å².